The molecule has 2 N–H and O–H groups in total. The van der Waals surface area contributed by atoms with Gasteiger partial charge < -0.3 is 20.1 Å². The Kier molecular flexibility index (Phi) is 6.20. The molecule has 3 rings (SSSR count). The minimum Gasteiger partial charge on any atom is -0.454 e. The van der Waals surface area contributed by atoms with E-state index in [1.165, 1.54) is 18.2 Å². The van der Waals surface area contributed by atoms with Gasteiger partial charge in [0.1, 0.15) is 0 Å². The van der Waals surface area contributed by atoms with Crippen LogP contribution in [0.3, 0.4) is 0 Å². The highest BCUT2D eigenvalue weighted by Crippen LogP contribution is 2.32. The molecule has 0 radical (unpaired) electrons. The SMILES string of the molecule is CCC(CCl)Nc1ccc([N+](=O)[O-])cc1C(=O)NCc1ccc2c(c1)OCO2. The second-order valence-electron chi connectivity index (χ2n) is 6.26. The highest BCUT2D eigenvalue weighted by Gasteiger charge is 2.19. The number of nitrogens with one attached hydrogen (secondary N) is 2. The van der Waals surface area contributed by atoms with Crippen LogP contribution in [0, 0.1) is 10.1 Å². The Morgan fingerprint density at radius 1 is 1.25 bits per heavy atom. The van der Waals surface area contributed by atoms with Crippen LogP contribution < -0.4 is 20.1 Å². The largest absolute Gasteiger partial charge is 0.454 e. The van der Waals surface area contributed by atoms with Crippen molar-refractivity contribution in [2.75, 3.05) is 18.0 Å². The highest BCUT2D eigenvalue weighted by atomic mass is 35.5. The number of hydrogen-bond donors (Lipinski definition) is 2. The second-order valence-corrected chi connectivity index (χ2v) is 6.57. The van der Waals surface area contributed by atoms with Crippen LogP contribution in [0.5, 0.6) is 11.5 Å². The fourth-order valence-corrected chi connectivity index (χ4v) is 3.05. The van der Waals surface area contributed by atoms with Gasteiger partial charge in [0, 0.05) is 36.3 Å². The molecule has 0 spiro atoms. The molecule has 0 aliphatic carbocycles. The number of carbonyl (C=O) groups excluding carboxylic acids is 1. The van der Waals surface area contributed by atoms with Crippen LogP contribution in [-0.2, 0) is 6.54 Å². The average Bonchev–Trinajstić information content (AvgIpc) is 3.18. The number of fused-ring (bicyclic) bond motifs is 1. The average molecular weight is 406 g/mol. The summed E-state index contributed by atoms with van der Waals surface area (Å²) in [6.45, 7) is 2.38. The Hall–Kier alpha value is -3.00. The zero-order chi connectivity index (χ0) is 20.1. The summed E-state index contributed by atoms with van der Waals surface area (Å²) >= 11 is 5.93. The van der Waals surface area contributed by atoms with Crippen molar-refractivity contribution in [2.45, 2.75) is 25.9 Å². The van der Waals surface area contributed by atoms with Crippen molar-refractivity contribution >= 4 is 28.9 Å². The van der Waals surface area contributed by atoms with Gasteiger partial charge in [-0.15, -0.1) is 11.6 Å². The number of nitro benzene ring substituents is 1. The third kappa shape index (κ3) is 4.45. The van der Waals surface area contributed by atoms with Gasteiger partial charge in [0.25, 0.3) is 11.6 Å². The van der Waals surface area contributed by atoms with Crippen LogP contribution >= 0.6 is 11.6 Å². The first-order valence-electron chi connectivity index (χ1n) is 8.79. The van der Waals surface area contributed by atoms with Crippen molar-refractivity contribution in [3.8, 4) is 11.5 Å². The van der Waals surface area contributed by atoms with E-state index >= 15 is 0 Å². The van der Waals surface area contributed by atoms with Gasteiger partial charge in [-0.05, 0) is 30.2 Å². The quantitative estimate of drug-likeness (QED) is 0.394. The lowest BCUT2D eigenvalue weighted by Gasteiger charge is -2.18. The smallest absolute Gasteiger partial charge is 0.270 e. The minimum atomic E-state index is -0.531. The van der Waals surface area contributed by atoms with Gasteiger partial charge in [-0.25, -0.2) is 0 Å². The van der Waals surface area contributed by atoms with Crippen molar-refractivity contribution < 1.29 is 19.2 Å². The van der Waals surface area contributed by atoms with Gasteiger partial charge in [-0.3, -0.25) is 14.9 Å². The van der Waals surface area contributed by atoms with Crippen LogP contribution in [0.2, 0.25) is 0 Å². The molecule has 2 aromatic rings. The number of non-ortho nitro benzene ring substituents is 1. The van der Waals surface area contributed by atoms with Crippen LogP contribution in [-0.4, -0.2) is 29.5 Å². The van der Waals surface area contributed by atoms with Crippen LogP contribution in [0.4, 0.5) is 11.4 Å². The van der Waals surface area contributed by atoms with Gasteiger partial charge in [-0.1, -0.05) is 13.0 Å². The standard InChI is InChI=1S/C19H20ClN3O5/c1-2-13(9-20)22-16-5-4-14(23(25)26)8-15(16)19(24)21-10-12-3-6-17-18(7-12)28-11-27-17/h3-8,13,22H,2,9-11H2,1H3,(H,21,24). The Morgan fingerprint density at radius 3 is 2.75 bits per heavy atom. The number of hydrogen-bond acceptors (Lipinski definition) is 6. The molecule has 0 fully saturated rings. The van der Waals surface area contributed by atoms with Crippen molar-refractivity contribution in [2.24, 2.45) is 0 Å². The van der Waals surface area contributed by atoms with E-state index < -0.39 is 10.8 Å². The summed E-state index contributed by atoms with van der Waals surface area (Å²) in [4.78, 5) is 23.3. The summed E-state index contributed by atoms with van der Waals surface area (Å²) in [5.41, 5.74) is 1.36. The van der Waals surface area contributed by atoms with Crippen molar-refractivity contribution in [1.82, 2.24) is 5.32 Å². The fourth-order valence-electron chi connectivity index (χ4n) is 2.76. The summed E-state index contributed by atoms with van der Waals surface area (Å²) in [7, 11) is 0. The maximum atomic E-state index is 12.7. The number of nitro groups is 1. The summed E-state index contributed by atoms with van der Waals surface area (Å²) in [5.74, 6) is 1.21. The lowest BCUT2D eigenvalue weighted by molar-refractivity contribution is -0.384. The van der Waals surface area contributed by atoms with Gasteiger partial charge in [0.2, 0.25) is 6.79 Å². The molecule has 2 aromatic carbocycles. The molecule has 28 heavy (non-hydrogen) atoms. The van der Waals surface area contributed by atoms with Crippen LogP contribution in [0.25, 0.3) is 0 Å². The fraction of sp³-hybridized carbons (Fsp3) is 0.316. The zero-order valence-electron chi connectivity index (χ0n) is 15.2. The first-order chi connectivity index (χ1) is 13.5. The Balaban J connectivity index is 1.78. The molecule has 8 nitrogen and oxygen atoms in total. The number of benzene rings is 2. The van der Waals surface area contributed by atoms with Gasteiger partial charge in [-0.2, -0.15) is 0 Å². The number of nitrogens with zero attached hydrogens (tertiary/aromatic N) is 1. The molecule has 148 valence electrons. The molecule has 1 aliphatic heterocycles. The van der Waals surface area contributed by atoms with E-state index in [9.17, 15) is 14.9 Å². The Bertz CT molecular complexity index is 886. The molecule has 1 aliphatic rings. The summed E-state index contributed by atoms with van der Waals surface area (Å²) in [6, 6.07) is 9.48. The Morgan fingerprint density at radius 2 is 2.04 bits per heavy atom. The first kappa shape index (κ1) is 19.8. The van der Waals surface area contributed by atoms with E-state index in [0.717, 1.165) is 12.0 Å². The predicted octanol–water partition coefficient (Wildman–Crippen LogP) is 3.68. The molecule has 1 atom stereocenters. The summed E-state index contributed by atoms with van der Waals surface area (Å²) in [5, 5.41) is 17.1. The van der Waals surface area contributed by atoms with Crippen LogP contribution in [0.15, 0.2) is 36.4 Å². The van der Waals surface area contributed by atoms with Crippen molar-refractivity contribution in [3.63, 3.8) is 0 Å². The maximum Gasteiger partial charge on any atom is 0.270 e. The van der Waals surface area contributed by atoms with Gasteiger partial charge >= 0.3 is 0 Å². The maximum absolute atomic E-state index is 12.7. The van der Waals surface area contributed by atoms with E-state index in [1.807, 2.05) is 13.0 Å². The molecular weight excluding hydrogens is 386 g/mol. The third-order valence-corrected chi connectivity index (χ3v) is 4.76. The van der Waals surface area contributed by atoms with E-state index in [1.54, 1.807) is 12.1 Å². The first-order valence-corrected chi connectivity index (χ1v) is 9.33. The molecule has 0 saturated heterocycles. The molecule has 1 amide bonds. The number of carbonyl (C=O) groups is 1. The molecular formula is C19H20ClN3O5. The number of anilines is 1. The Labute approximate surface area is 166 Å². The summed E-state index contributed by atoms with van der Waals surface area (Å²) < 4.78 is 10.6. The van der Waals surface area contributed by atoms with E-state index in [4.69, 9.17) is 21.1 Å². The third-order valence-electron chi connectivity index (χ3n) is 4.39. The number of alkyl halides is 1. The number of halogens is 1. The molecule has 1 heterocycles. The number of rotatable bonds is 8. The molecule has 0 bridgehead atoms. The minimum absolute atomic E-state index is 0.0523. The highest BCUT2D eigenvalue weighted by molar-refractivity contribution is 6.18. The molecule has 1 unspecified atom stereocenters. The van der Waals surface area contributed by atoms with Crippen LogP contribution in [0.1, 0.15) is 29.3 Å². The normalized spacial score (nSPS) is 13.1. The molecule has 0 aromatic heterocycles. The lowest BCUT2D eigenvalue weighted by Crippen LogP contribution is -2.26. The van der Waals surface area contributed by atoms with E-state index in [-0.39, 0.29) is 30.6 Å². The van der Waals surface area contributed by atoms with Crippen molar-refractivity contribution in [3.05, 3.63) is 57.6 Å². The monoisotopic (exact) mass is 405 g/mol. The number of amides is 1. The van der Waals surface area contributed by atoms with Gasteiger partial charge in [0.15, 0.2) is 11.5 Å². The van der Waals surface area contributed by atoms with E-state index in [0.29, 0.717) is 23.1 Å². The molecule has 9 heteroatoms. The van der Waals surface area contributed by atoms with Gasteiger partial charge in [0.05, 0.1) is 10.5 Å². The second kappa shape index (κ2) is 8.79. The number of ether oxygens (including phenoxy) is 2. The topological polar surface area (TPSA) is 103 Å². The van der Waals surface area contributed by atoms with E-state index in [2.05, 4.69) is 10.6 Å². The lowest BCUT2D eigenvalue weighted by atomic mass is 10.1. The zero-order valence-corrected chi connectivity index (χ0v) is 16.0. The molecule has 0 saturated carbocycles. The van der Waals surface area contributed by atoms with Crippen molar-refractivity contribution in [1.29, 1.82) is 0 Å². The predicted molar refractivity (Wildman–Crippen MR) is 105 cm³/mol. The summed E-state index contributed by atoms with van der Waals surface area (Å²) in [6.07, 6.45) is 0.749.